The molecule has 1 aliphatic rings. The Labute approximate surface area is 112 Å². The first-order valence-electron chi connectivity index (χ1n) is 6.24. The highest BCUT2D eigenvalue weighted by atomic mass is 32.2. The van der Waals surface area contributed by atoms with Gasteiger partial charge in [-0.3, -0.25) is 0 Å². The average molecular weight is 265 g/mol. The molecule has 1 unspecified atom stereocenters. The molecule has 98 valence electrons. The molecule has 18 heavy (non-hydrogen) atoms. The van der Waals surface area contributed by atoms with Crippen molar-refractivity contribution in [2.75, 3.05) is 23.9 Å². The maximum absolute atomic E-state index is 11.5. The van der Waals surface area contributed by atoms with E-state index < -0.39 is 0 Å². The van der Waals surface area contributed by atoms with Gasteiger partial charge in [-0.15, -0.1) is 0 Å². The highest BCUT2D eigenvalue weighted by Crippen LogP contribution is 2.24. The number of hydrogen-bond donors (Lipinski definition) is 1. The van der Waals surface area contributed by atoms with Crippen LogP contribution in [0, 0.1) is 6.92 Å². The van der Waals surface area contributed by atoms with E-state index >= 15 is 0 Å². The molecular weight excluding hydrogens is 246 g/mol. The third-order valence-electron chi connectivity index (χ3n) is 3.18. The molecule has 1 atom stereocenters. The summed E-state index contributed by atoms with van der Waals surface area (Å²) in [5.41, 5.74) is 2.82. The summed E-state index contributed by atoms with van der Waals surface area (Å²) in [6.45, 7) is 2.05. The Bertz CT molecular complexity index is 428. The van der Waals surface area contributed by atoms with Gasteiger partial charge in [-0.1, -0.05) is 6.07 Å². The van der Waals surface area contributed by atoms with Crippen LogP contribution in [0.5, 0.6) is 0 Å². The van der Waals surface area contributed by atoms with E-state index in [0.717, 1.165) is 11.4 Å². The van der Waals surface area contributed by atoms with Crippen LogP contribution in [0.3, 0.4) is 0 Å². The number of esters is 1. The van der Waals surface area contributed by atoms with Gasteiger partial charge in [0.05, 0.1) is 12.7 Å². The maximum atomic E-state index is 11.5. The lowest BCUT2D eigenvalue weighted by atomic mass is 10.1. The standard InChI is InChI=1S/C14H19NO2S/c1-10-5-6-11(14(16)17-2)8-13(10)15-12-4-3-7-18-9-12/h5-6,8,12,15H,3-4,7,9H2,1-2H3. The molecule has 4 heteroatoms. The Morgan fingerprint density at radius 1 is 1.50 bits per heavy atom. The van der Waals surface area contributed by atoms with Crippen molar-refractivity contribution in [1.29, 1.82) is 0 Å². The molecule has 1 fully saturated rings. The quantitative estimate of drug-likeness (QED) is 0.852. The summed E-state index contributed by atoms with van der Waals surface area (Å²) >= 11 is 1.99. The summed E-state index contributed by atoms with van der Waals surface area (Å²) in [5.74, 6) is 2.12. The zero-order valence-corrected chi connectivity index (χ0v) is 11.7. The van der Waals surface area contributed by atoms with Crippen molar-refractivity contribution in [1.82, 2.24) is 0 Å². The van der Waals surface area contributed by atoms with Crippen LogP contribution < -0.4 is 5.32 Å². The largest absolute Gasteiger partial charge is 0.465 e. The highest BCUT2D eigenvalue weighted by molar-refractivity contribution is 7.99. The Morgan fingerprint density at radius 2 is 2.33 bits per heavy atom. The van der Waals surface area contributed by atoms with Crippen molar-refractivity contribution in [2.45, 2.75) is 25.8 Å². The molecule has 0 aromatic heterocycles. The van der Waals surface area contributed by atoms with Gasteiger partial charge in [-0.25, -0.2) is 4.79 Å². The number of ether oxygens (including phenoxy) is 1. The number of hydrogen-bond acceptors (Lipinski definition) is 4. The monoisotopic (exact) mass is 265 g/mol. The molecule has 0 bridgehead atoms. The van der Waals surface area contributed by atoms with E-state index in [0.29, 0.717) is 11.6 Å². The van der Waals surface area contributed by atoms with E-state index in [4.69, 9.17) is 4.74 Å². The van der Waals surface area contributed by atoms with Gasteiger partial charge in [0.2, 0.25) is 0 Å². The van der Waals surface area contributed by atoms with Crippen LogP contribution in [0.2, 0.25) is 0 Å². The maximum Gasteiger partial charge on any atom is 0.337 e. The molecule has 1 N–H and O–H groups in total. The molecular formula is C14H19NO2S. The van der Waals surface area contributed by atoms with Gasteiger partial charge < -0.3 is 10.1 Å². The Morgan fingerprint density at radius 3 is 3.00 bits per heavy atom. The van der Waals surface area contributed by atoms with Crippen LogP contribution in [0.1, 0.15) is 28.8 Å². The van der Waals surface area contributed by atoms with Crippen LogP contribution in [-0.4, -0.2) is 30.6 Å². The smallest absolute Gasteiger partial charge is 0.337 e. The fraction of sp³-hybridized carbons (Fsp3) is 0.500. The van der Waals surface area contributed by atoms with Crippen molar-refractivity contribution in [2.24, 2.45) is 0 Å². The van der Waals surface area contributed by atoms with Gasteiger partial charge in [0.25, 0.3) is 0 Å². The number of anilines is 1. The molecule has 3 nitrogen and oxygen atoms in total. The van der Waals surface area contributed by atoms with Crippen LogP contribution in [-0.2, 0) is 4.74 Å². The minimum atomic E-state index is -0.281. The number of rotatable bonds is 3. The lowest BCUT2D eigenvalue weighted by Crippen LogP contribution is -2.26. The molecule has 0 spiro atoms. The van der Waals surface area contributed by atoms with Gasteiger partial charge in [-0.2, -0.15) is 11.8 Å². The Kier molecular flexibility index (Phi) is 4.53. The number of aryl methyl sites for hydroxylation is 1. The minimum absolute atomic E-state index is 0.281. The van der Waals surface area contributed by atoms with E-state index in [1.165, 1.54) is 31.3 Å². The van der Waals surface area contributed by atoms with Crippen molar-refractivity contribution in [3.05, 3.63) is 29.3 Å². The topological polar surface area (TPSA) is 38.3 Å². The van der Waals surface area contributed by atoms with Gasteiger partial charge in [-0.05, 0) is 43.2 Å². The lowest BCUT2D eigenvalue weighted by molar-refractivity contribution is 0.0601. The fourth-order valence-electron chi connectivity index (χ4n) is 2.10. The predicted octanol–water partition coefficient (Wildman–Crippen LogP) is 3.09. The minimum Gasteiger partial charge on any atom is -0.465 e. The summed E-state index contributed by atoms with van der Waals surface area (Å²) in [7, 11) is 1.41. The van der Waals surface area contributed by atoms with Crippen molar-refractivity contribution in [3.63, 3.8) is 0 Å². The fourth-order valence-corrected chi connectivity index (χ4v) is 3.17. The molecule has 1 saturated heterocycles. The summed E-state index contributed by atoms with van der Waals surface area (Å²) in [6.07, 6.45) is 2.47. The van der Waals surface area contributed by atoms with Crippen molar-refractivity contribution in [3.8, 4) is 0 Å². The van der Waals surface area contributed by atoms with E-state index in [1.54, 1.807) is 0 Å². The van der Waals surface area contributed by atoms with Crippen LogP contribution in [0.4, 0.5) is 5.69 Å². The zero-order chi connectivity index (χ0) is 13.0. The molecule has 0 amide bonds. The second-order valence-electron chi connectivity index (χ2n) is 4.58. The van der Waals surface area contributed by atoms with E-state index in [-0.39, 0.29) is 5.97 Å². The normalized spacial score (nSPS) is 19.3. The second kappa shape index (κ2) is 6.14. The number of carbonyl (C=O) groups is 1. The molecule has 0 aliphatic carbocycles. The molecule has 1 aromatic carbocycles. The predicted molar refractivity (Wildman–Crippen MR) is 76.5 cm³/mol. The lowest BCUT2D eigenvalue weighted by Gasteiger charge is -2.24. The zero-order valence-electron chi connectivity index (χ0n) is 10.9. The first-order valence-corrected chi connectivity index (χ1v) is 7.39. The van der Waals surface area contributed by atoms with E-state index in [9.17, 15) is 4.79 Å². The third-order valence-corrected chi connectivity index (χ3v) is 4.39. The summed E-state index contributed by atoms with van der Waals surface area (Å²) in [4.78, 5) is 11.5. The van der Waals surface area contributed by atoms with Gasteiger partial charge in [0.1, 0.15) is 0 Å². The van der Waals surface area contributed by atoms with Crippen LogP contribution >= 0.6 is 11.8 Å². The highest BCUT2D eigenvalue weighted by Gasteiger charge is 2.15. The Hall–Kier alpha value is -1.16. The van der Waals surface area contributed by atoms with Gasteiger partial charge in [0.15, 0.2) is 0 Å². The van der Waals surface area contributed by atoms with Gasteiger partial charge in [0, 0.05) is 17.5 Å². The number of methoxy groups -OCH3 is 1. The molecule has 1 heterocycles. The van der Waals surface area contributed by atoms with Crippen LogP contribution in [0.25, 0.3) is 0 Å². The summed E-state index contributed by atoms with van der Waals surface area (Å²) in [5, 5.41) is 3.54. The number of nitrogens with one attached hydrogen (secondary N) is 1. The van der Waals surface area contributed by atoms with E-state index in [2.05, 4.69) is 12.2 Å². The second-order valence-corrected chi connectivity index (χ2v) is 5.73. The molecule has 1 aromatic rings. The first-order chi connectivity index (χ1) is 8.70. The average Bonchev–Trinajstić information content (AvgIpc) is 2.41. The Balaban J connectivity index is 2.12. The summed E-state index contributed by atoms with van der Waals surface area (Å²) < 4.78 is 4.75. The number of benzene rings is 1. The number of carbonyl (C=O) groups excluding carboxylic acids is 1. The molecule has 2 rings (SSSR count). The van der Waals surface area contributed by atoms with E-state index in [1.807, 2.05) is 30.0 Å². The van der Waals surface area contributed by atoms with Gasteiger partial charge >= 0.3 is 5.97 Å². The third kappa shape index (κ3) is 3.19. The SMILES string of the molecule is COC(=O)c1ccc(C)c(NC2CCCSC2)c1. The molecule has 0 saturated carbocycles. The van der Waals surface area contributed by atoms with Crippen LogP contribution in [0.15, 0.2) is 18.2 Å². The molecule has 0 radical (unpaired) electrons. The molecule has 1 aliphatic heterocycles. The first kappa shape index (κ1) is 13.3. The van der Waals surface area contributed by atoms with Crippen molar-refractivity contribution >= 4 is 23.4 Å². The number of thioether (sulfide) groups is 1. The summed E-state index contributed by atoms with van der Waals surface area (Å²) in [6, 6.07) is 6.17. The van der Waals surface area contributed by atoms with Crippen molar-refractivity contribution < 1.29 is 9.53 Å².